The Bertz CT molecular complexity index is 168. The molecule has 0 aromatic rings. The minimum Gasteiger partial charge on any atom is -0.336 e. The Morgan fingerprint density at radius 2 is 2.15 bits per heavy atom. The van der Waals surface area contributed by atoms with Gasteiger partial charge in [0.25, 0.3) is 0 Å². The zero-order valence-electron chi connectivity index (χ0n) is 8.55. The van der Waals surface area contributed by atoms with Gasteiger partial charge < -0.3 is 15.1 Å². The summed E-state index contributed by atoms with van der Waals surface area (Å²) >= 11 is 0. The molecular weight excluding hydrogens is 166 g/mol. The van der Waals surface area contributed by atoms with E-state index in [1.165, 1.54) is 0 Å². The lowest BCUT2D eigenvalue weighted by Crippen LogP contribution is -2.36. The molecule has 1 N–H and O–H groups in total. The molecule has 0 aliphatic carbocycles. The summed E-state index contributed by atoms with van der Waals surface area (Å²) in [5.41, 5.74) is 0. The van der Waals surface area contributed by atoms with E-state index in [0.717, 1.165) is 39.3 Å². The SMILES string of the molecule is CCN(CC)CCN1CCNC1=O. The molecule has 1 aliphatic rings. The van der Waals surface area contributed by atoms with Gasteiger partial charge in [-0.2, -0.15) is 0 Å². The molecule has 1 aliphatic heterocycles. The molecule has 0 atom stereocenters. The third-order valence-electron chi connectivity index (χ3n) is 2.53. The molecule has 76 valence electrons. The van der Waals surface area contributed by atoms with E-state index in [1.807, 2.05) is 4.90 Å². The standard InChI is InChI=1S/C9H19N3O/c1-3-11(4-2)7-8-12-6-5-10-9(12)13/h3-8H2,1-2H3,(H,10,13). The van der Waals surface area contributed by atoms with Crippen LogP contribution < -0.4 is 5.32 Å². The fraction of sp³-hybridized carbons (Fsp3) is 0.889. The first-order chi connectivity index (χ1) is 6.27. The largest absolute Gasteiger partial charge is 0.336 e. The molecule has 0 saturated carbocycles. The second-order valence-electron chi connectivity index (χ2n) is 3.25. The van der Waals surface area contributed by atoms with E-state index < -0.39 is 0 Å². The van der Waals surface area contributed by atoms with Gasteiger partial charge >= 0.3 is 6.03 Å². The van der Waals surface area contributed by atoms with E-state index in [0.29, 0.717) is 0 Å². The first-order valence-corrected chi connectivity index (χ1v) is 5.03. The number of nitrogens with zero attached hydrogens (tertiary/aromatic N) is 2. The van der Waals surface area contributed by atoms with Crippen molar-refractivity contribution in [3.63, 3.8) is 0 Å². The number of urea groups is 1. The van der Waals surface area contributed by atoms with Crippen LogP contribution in [-0.4, -0.2) is 55.1 Å². The number of rotatable bonds is 5. The van der Waals surface area contributed by atoms with Crippen LogP contribution in [0.2, 0.25) is 0 Å². The van der Waals surface area contributed by atoms with Gasteiger partial charge in [0.2, 0.25) is 0 Å². The zero-order valence-corrected chi connectivity index (χ0v) is 8.55. The summed E-state index contributed by atoms with van der Waals surface area (Å²) in [6.07, 6.45) is 0. The molecule has 1 saturated heterocycles. The lowest BCUT2D eigenvalue weighted by molar-refractivity contribution is 0.205. The van der Waals surface area contributed by atoms with Crippen molar-refractivity contribution >= 4 is 6.03 Å². The van der Waals surface area contributed by atoms with Gasteiger partial charge in [-0.1, -0.05) is 13.8 Å². The fourth-order valence-electron chi connectivity index (χ4n) is 1.53. The molecule has 1 fully saturated rings. The lowest BCUT2D eigenvalue weighted by atomic mass is 10.4. The molecule has 0 aromatic carbocycles. The molecular formula is C9H19N3O. The van der Waals surface area contributed by atoms with Crippen LogP contribution >= 0.6 is 0 Å². The second kappa shape index (κ2) is 5.07. The van der Waals surface area contributed by atoms with Crippen LogP contribution in [0.3, 0.4) is 0 Å². The molecule has 2 amide bonds. The highest BCUT2D eigenvalue weighted by Crippen LogP contribution is 1.97. The minimum absolute atomic E-state index is 0.0900. The molecule has 13 heavy (non-hydrogen) atoms. The number of carbonyl (C=O) groups excluding carboxylic acids is 1. The van der Waals surface area contributed by atoms with Crippen molar-refractivity contribution < 1.29 is 4.79 Å². The van der Waals surface area contributed by atoms with Crippen LogP contribution in [0, 0.1) is 0 Å². The van der Waals surface area contributed by atoms with Crippen LogP contribution in [0.5, 0.6) is 0 Å². The third-order valence-corrected chi connectivity index (χ3v) is 2.53. The van der Waals surface area contributed by atoms with Gasteiger partial charge in [-0.05, 0) is 13.1 Å². The summed E-state index contributed by atoms with van der Waals surface area (Å²) in [6.45, 7) is 9.92. The molecule has 4 heteroatoms. The smallest absolute Gasteiger partial charge is 0.317 e. The maximum atomic E-state index is 11.2. The Labute approximate surface area is 79.9 Å². The Kier molecular flexibility index (Phi) is 4.02. The zero-order chi connectivity index (χ0) is 9.68. The van der Waals surface area contributed by atoms with Crippen molar-refractivity contribution in [2.75, 3.05) is 39.3 Å². The lowest BCUT2D eigenvalue weighted by Gasteiger charge is -2.21. The normalized spacial score (nSPS) is 16.8. The number of hydrogen-bond donors (Lipinski definition) is 1. The quantitative estimate of drug-likeness (QED) is 0.671. The summed E-state index contributed by atoms with van der Waals surface area (Å²) in [7, 11) is 0. The highest BCUT2D eigenvalue weighted by molar-refractivity contribution is 5.76. The number of amides is 2. The molecule has 0 aromatic heterocycles. The molecule has 1 heterocycles. The molecule has 0 spiro atoms. The van der Waals surface area contributed by atoms with E-state index in [9.17, 15) is 4.79 Å². The number of carbonyl (C=O) groups is 1. The van der Waals surface area contributed by atoms with E-state index in [2.05, 4.69) is 24.1 Å². The average Bonchev–Trinajstić information content (AvgIpc) is 2.54. The monoisotopic (exact) mass is 185 g/mol. The van der Waals surface area contributed by atoms with Crippen molar-refractivity contribution in [1.29, 1.82) is 0 Å². The predicted molar refractivity (Wildman–Crippen MR) is 52.8 cm³/mol. The first-order valence-electron chi connectivity index (χ1n) is 5.03. The second-order valence-corrected chi connectivity index (χ2v) is 3.25. The summed E-state index contributed by atoms with van der Waals surface area (Å²) < 4.78 is 0. The Balaban J connectivity index is 2.20. The maximum absolute atomic E-state index is 11.2. The molecule has 0 radical (unpaired) electrons. The molecule has 4 nitrogen and oxygen atoms in total. The van der Waals surface area contributed by atoms with Crippen molar-refractivity contribution in [2.24, 2.45) is 0 Å². The van der Waals surface area contributed by atoms with Crippen LogP contribution in [0.1, 0.15) is 13.8 Å². The van der Waals surface area contributed by atoms with Crippen molar-refractivity contribution in [2.45, 2.75) is 13.8 Å². The summed E-state index contributed by atoms with van der Waals surface area (Å²) in [5, 5.41) is 2.80. The van der Waals surface area contributed by atoms with Gasteiger partial charge in [-0.15, -0.1) is 0 Å². The van der Waals surface area contributed by atoms with Crippen molar-refractivity contribution in [1.82, 2.24) is 15.1 Å². The van der Waals surface area contributed by atoms with Crippen LogP contribution in [-0.2, 0) is 0 Å². The molecule has 0 bridgehead atoms. The van der Waals surface area contributed by atoms with E-state index in [4.69, 9.17) is 0 Å². The fourth-order valence-corrected chi connectivity index (χ4v) is 1.53. The predicted octanol–water partition coefficient (Wildman–Crippen LogP) is 0.353. The Morgan fingerprint density at radius 3 is 2.62 bits per heavy atom. The summed E-state index contributed by atoms with van der Waals surface area (Å²) in [5.74, 6) is 0. The van der Waals surface area contributed by atoms with E-state index >= 15 is 0 Å². The highest BCUT2D eigenvalue weighted by Gasteiger charge is 2.18. The van der Waals surface area contributed by atoms with E-state index in [1.54, 1.807) is 0 Å². The van der Waals surface area contributed by atoms with Gasteiger partial charge in [0.1, 0.15) is 0 Å². The summed E-state index contributed by atoms with van der Waals surface area (Å²) in [6, 6.07) is 0.0900. The number of likely N-dealkylation sites (N-methyl/N-ethyl adjacent to an activating group) is 1. The van der Waals surface area contributed by atoms with Crippen molar-refractivity contribution in [3.05, 3.63) is 0 Å². The number of nitrogens with one attached hydrogen (secondary N) is 1. The van der Waals surface area contributed by atoms with E-state index in [-0.39, 0.29) is 6.03 Å². The van der Waals surface area contributed by atoms with Gasteiger partial charge in [0, 0.05) is 26.2 Å². The first kappa shape index (κ1) is 10.3. The highest BCUT2D eigenvalue weighted by atomic mass is 16.2. The van der Waals surface area contributed by atoms with Crippen LogP contribution in [0.15, 0.2) is 0 Å². The topological polar surface area (TPSA) is 35.6 Å². The third kappa shape index (κ3) is 2.88. The van der Waals surface area contributed by atoms with Gasteiger partial charge in [-0.25, -0.2) is 4.79 Å². The minimum atomic E-state index is 0.0900. The van der Waals surface area contributed by atoms with Gasteiger partial charge in [-0.3, -0.25) is 0 Å². The molecule has 0 unspecified atom stereocenters. The van der Waals surface area contributed by atoms with Crippen LogP contribution in [0.4, 0.5) is 4.79 Å². The summed E-state index contributed by atoms with van der Waals surface area (Å²) in [4.78, 5) is 15.4. The number of hydrogen-bond acceptors (Lipinski definition) is 2. The van der Waals surface area contributed by atoms with Crippen LogP contribution in [0.25, 0.3) is 0 Å². The Hall–Kier alpha value is -0.770. The maximum Gasteiger partial charge on any atom is 0.317 e. The molecule has 1 rings (SSSR count). The average molecular weight is 185 g/mol. The van der Waals surface area contributed by atoms with Crippen molar-refractivity contribution in [3.8, 4) is 0 Å². The van der Waals surface area contributed by atoms with Gasteiger partial charge in [0.05, 0.1) is 0 Å². The Morgan fingerprint density at radius 1 is 1.46 bits per heavy atom. The van der Waals surface area contributed by atoms with Gasteiger partial charge in [0.15, 0.2) is 0 Å².